The van der Waals surface area contributed by atoms with Gasteiger partial charge in [-0.05, 0) is 31.1 Å². The van der Waals surface area contributed by atoms with E-state index in [4.69, 9.17) is 5.84 Å². The van der Waals surface area contributed by atoms with Crippen molar-refractivity contribution in [1.29, 1.82) is 0 Å². The molecule has 0 amide bonds. The molecule has 1 aliphatic rings. The maximum Gasteiger partial charge on any atom is 0.239 e. The first-order chi connectivity index (χ1) is 8.60. The van der Waals surface area contributed by atoms with Crippen LogP contribution in [0, 0.1) is 17.7 Å². The van der Waals surface area contributed by atoms with Crippen molar-refractivity contribution in [1.82, 2.24) is 9.97 Å². The number of aromatic nitrogens is 2. The summed E-state index contributed by atoms with van der Waals surface area (Å²) in [5, 5.41) is 3.17. The highest BCUT2D eigenvalue weighted by molar-refractivity contribution is 5.41. The van der Waals surface area contributed by atoms with Gasteiger partial charge in [0.2, 0.25) is 5.95 Å². The van der Waals surface area contributed by atoms with E-state index in [0.717, 1.165) is 31.4 Å². The molecule has 18 heavy (non-hydrogen) atoms. The Balaban J connectivity index is 2.08. The van der Waals surface area contributed by atoms with Gasteiger partial charge < -0.3 is 5.32 Å². The van der Waals surface area contributed by atoms with Crippen LogP contribution in [0.1, 0.15) is 33.1 Å². The summed E-state index contributed by atoms with van der Waals surface area (Å²) in [5.74, 6) is 6.48. The van der Waals surface area contributed by atoms with Gasteiger partial charge in [0.1, 0.15) is 0 Å². The largest absolute Gasteiger partial charge is 0.364 e. The van der Waals surface area contributed by atoms with Crippen LogP contribution in [-0.4, -0.2) is 16.0 Å². The SMILES string of the molecule is CC1CCC(Nc2nc(NN)ncc2F)C(C)C1. The summed E-state index contributed by atoms with van der Waals surface area (Å²) < 4.78 is 13.6. The first-order valence-corrected chi connectivity index (χ1v) is 6.36. The second kappa shape index (κ2) is 5.48. The molecule has 0 aliphatic heterocycles. The Hall–Kier alpha value is -1.43. The molecule has 1 heterocycles. The average Bonchev–Trinajstić information content (AvgIpc) is 2.35. The molecule has 2 rings (SSSR count). The van der Waals surface area contributed by atoms with Crippen molar-refractivity contribution in [2.24, 2.45) is 17.7 Å². The smallest absolute Gasteiger partial charge is 0.239 e. The van der Waals surface area contributed by atoms with Gasteiger partial charge in [0.05, 0.1) is 6.20 Å². The minimum absolute atomic E-state index is 0.218. The highest BCUT2D eigenvalue weighted by Gasteiger charge is 2.26. The third-order valence-electron chi connectivity index (χ3n) is 3.63. The number of anilines is 2. The van der Waals surface area contributed by atoms with Crippen LogP contribution in [0.4, 0.5) is 16.2 Å². The van der Waals surface area contributed by atoms with E-state index >= 15 is 0 Å². The van der Waals surface area contributed by atoms with Crippen LogP contribution in [0.2, 0.25) is 0 Å². The van der Waals surface area contributed by atoms with Crippen LogP contribution in [0.3, 0.4) is 0 Å². The predicted octanol–water partition coefficient (Wildman–Crippen LogP) is 2.14. The zero-order valence-electron chi connectivity index (χ0n) is 10.8. The molecule has 0 radical (unpaired) electrons. The number of hydrogen-bond acceptors (Lipinski definition) is 5. The fraction of sp³-hybridized carbons (Fsp3) is 0.667. The van der Waals surface area contributed by atoms with Crippen LogP contribution >= 0.6 is 0 Å². The fourth-order valence-corrected chi connectivity index (χ4v) is 2.59. The van der Waals surface area contributed by atoms with E-state index in [-0.39, 0.29) is 17.8 Å². The van der Waals surface area contributed by atoms with E-state index in [0.29, 0.717) is 5.92 Å². The number of hydrogen-bond donors (Lipinski definition) is 3. The van der Waals surface area contributed by atoms with Gasteiger partial charge in [-0.2, -0.15) is 4.98 Å². The molecule has 1 aromatic rings. The Morgan fingerprint density at radius 2 is 2.17 bits per heavy atom. The van der Waals surface area contributed by atoms with Gasteiger partial charge in [0.25, 0.3) is 0 Å². The molecule has 0 spiro atoms. The molecular formula is C12H20FN5. The van der Waals surface area contributed by atoms with Gasteiger partial charge in [-0.1, -0.05) is 13.8 Å². The van der Waals surface area contributed by atoms with Crippen molar-refractivity contribution in [2.45, 2.75) is 39.2 Å². The van der Waals surface area contributed by atoms with Crippen molar-refractivity contribution in [3.05, 3.63) is 12.0 Å². The maximum absolute atomic E-state index is 13.6. The molecule has 0 bridgehead atoms. The quantitative estimate of drug-likeness (QED) is 0.568. The summed E-state index contributed by atoms with van der Waals surface area (Å²) in [4.78, 5) is 7.72. The number of nitrogens with zero attached hydrogens (tertiary/aromatic N) is 2. The zero-order chi connectivity index (χ0) is 13.1. The van der Waals surface area contributed by atoms with Gasteiger partial charge >= 0.3 is 0 Å². The molecule has 3 unspecified atom stereocenters. The van der Waals surface area contributed by atoms with Crippen LogP contribution in [0.15, 0.2) is 6.20 Å². The Morgan fingerprint density at radius 1 is 1.39 bits per heavy atom. The van der Waals surface area contributed by atoms with Gasteiger partial charge in [-0.15, -0.1) is 0 Å². The summed E-state index contributed by atoms with van der Waals surface area (Å²) in [5.41, 5.74) is 2.32. The van der Waals surface area contributed by atoms with Gasteiger partial charge in [0, 0.05) is 6.04 Å². The van der Waals surface area contributed by atoms with Crippen LogP contribution in [0.25, 0.3) is 0 Å². The lowest BCUT2D eigenvalue weighted by Crippen LogP contribution is -2.33. The lowest BCUT2D eigenvalue weighted by atomic mass is 9.80. The lowest BCUT2D eigenvalue weighted by Gasteiger charge is -2.33. The summed E-state index contributed by atoms with van der Waals surface area (Å²) in [7, 11) is 0. The number of nitrogen functional groups attached to an aromatic ring is 1. The van der Waals surface area contributed by atoms with Gasteiger partial charge in [0.15, 0.2) is 11.6 Å². The number of nitrogens with one attached hydrogen (secondary N) is 2. The number of nitrogens with two attached hydrogens (primary N) is 1. The van der Waals surface area contributed by atoms with Crippen LogP contribution < -0.4 is 16.6 Å². The molecule has 6 heteroatoms. The second-order valence-corrected chi connectivity index (χ2v) is 5.18. The van der Waals surface area contributed by atoms with Crippen molar-refractivity contribution in [3.8, 4) is 0 Å². The Kier molecular flexibility index (Phi) is 3.96. The van der Waals surface area contributed by atoms with E-state index in [2.05, 4.69) is 34.6 Å². The monoisotopic (exact) mass is 253 g/mol. The van der Waals surface area contributed by atoms with Crippen LogP contribution in [0.5, 0.6) is 0 Å². The molecule has 1 fully saturated rings. The van der Waals surface area contributed by atoms with Crippen molar-refractivity contribution >= 4 is 11.8 Å². The normalized spacial score (nSPS) is 27.9. The van der Waals surface area contributed by atoms with Crippen molar-refractivity contribution in [2.75, 3.05) is 10.7 Å². The van der Waals surface area contributed by atoms with E-state index in [9.17, 15) is 4.39 Å². The molecule has 0 aromatic carbocycles. The first-order valence-electron chi connectivity index (χ1n) is 6.36. The highest BCUT2D eigenvalue weighted by atomic mass is 19.1. The van der Waals surface area contributed by atoms with Crippen molar-refractivity contribution in [3.63, 3.8) is 0 Å². The Bertz CT molecular complexity index is 411. The molecular weight excluding hydrogens is 233 g/mol. The molecule has 3 atom stereocenters. The third-order valence-corrected chi connectivity index (χ3v) is 3.63. The Labute approximate surface area is 106 Å². The molecule has 1 aliphatic carbocycles. The lowest BCUT2D eigenvalue weighted by molar-refractivity contribution is 0.275. The minimum atomic E-state index is -0.445. The van der Waals surface area contributed by atoms with E-state index in [1.807, 2.05) is 0 Å². The summed E-state index contributed by atoms with van der Waals surface area (Å²) in [6.07, 6.45) is 4.49. The summed E-state index contributed by atoms with van der Waals surface area (Å²) in [6.45, 7) is 4.45. The molecule has 1 saturated carbocycles. The number of rotatable bonds is 3. The topological polar surface area (TPSA) is 75.9 Å². The average molecular weight is 253 g/mol. The summed E-state index contributed by atoms with van der Waals surface area (Å²) >= 11 is 0. The highest BCUT2D eigenvalue weighted by Crippen LogP contribution is 2.30. The number of halogens is 1. The maximum atomic E-state index is 13.6. The first kappa shape index (κ1) is 13.0. The Morgan fingerprint density at radius 3 is 2.83 bits per heavy atom. The van der Waals surface area contributed by atoms with Gasteiger partial charge in [-0.25, -0.2) is 15.2 Å². The fourth-order valence-electron chi connectivity index (χ4n) is 2.59. The molecule has 4 N–H and O–H groups in total. The molecule has 5 nitrogen and oxygen atoms in total. The second-order valence-electron chi connectivity index (χ2n) is 5.18. The number of hydrazine groups is 1. The molecule has 100 valence electrons. The standard InChI is InChI=1S/C12H20FN5/c1-7-3-4-10(8(2)5-7)16-11-9(13)6-15-12(17-11)18-14/h6-8,10H,3-5,14H2,1-2H3,(H2,15,16,17,18). The third kappa shape index (κ3) is 2.87. The van der Waals surface area contributed by atoms with E-state index in [1.165, 1.54) is 0 Å². The van der Waals surface area contributed by atoms with E-state index in [1.54, 1.807) is 0 Å². The predicted molar refractivity (Wildman–Crippen MR) is 69.4 cm³/mol. The molecule has 1 aromatic heterocycles. The van der Waals surface area contributed by atoms with Gasteiger partial charge in [-0.3, -0.25) is 5.43 Å². The minimum Gasteiger partial charge on any atom is -0.364 e. The van der Waals surface area contributed by atoms with Crippen molar-refractivity contribution < 1.29 is 4.39 Å². The molecule has 0 saturated heterocycles. The summed E-state index contributed by atoms with van der Waals surface area (Å²) in [6, 6.07) is 0.260. The van der Waals surface area contributed by atoms with Crippen LogP contribution in [-0.2, 0) is 0 Å². The van der Waals surface area contributed by atoms with E-state index < -0.39 is 5.82 Å². The zero-order valence-corrected chi connectivity index (χ0v) is 10.8.